The number of para-hydroxylation sites is 1. The Labute approximate surface area is 111 Å². The summed E-state index contributed by atoms with van der Waals surface area (Å²) in [6.07, 6.45) is -3.76. The molecule has 2 rings (SSSR count). The van der Waals surface area contributed by atoms with E-state index in [1.54, 1.807) is 0 Å². The maximum absolute atomic E-state index is 12.9. The maximum atomic E-state index is 12.9. The van der Waals surface area contributed by atoms with Crippen LogP contribution >= 0.6 is 0 Å². The normalized spacial score (nSPS) is 13.6. The zero-order valence-electron chi connectivity index (χ0n) is 10.1. The van der Waals surface area contributed by atoms with E-state index in [9.17, 15) is 23.2 Å². The lowest BCUT2D eigenvalue weighted by Crippen LogP contribution is -2.32. The van der Waals surface area contributed by atoms with Gasteiger partial charge in [-0.2, -0.15) is 17.9 Å². The Kier molecular flexibility index (Phi) is 3.34. The number of nitrogens with zero attached hydrogens (tertiary/aromatic N) is 1. The average molecular weight is 288 g/mol. The van der Waals surface area contributed by atoms with Gasteiger partial charge in [-0.25, -0.2) is 0 Å². The van der Waals surface area contributed by atoms with E-state index >= 15 is 0 Å². The van der Waals surface area contributed by atoms with Crippen LogP contribution in [0.25, 0.3) is 10.9 Å². The summed E-state index contributed by atoms with van der Waals surface area (Å²) in [5, 5.41) is 18.5. The molecule has 1 aromatic carbocycles. The average Bonchev–Trinajstić information content (AvgIpc) is 2.65. The number of alkyl halides is 3. The lowest BCUT2D eigenvalue weighted by molar-refractivity contribution is -0.138. The molecule has 2 aromatic rings. The van der Waals surface area contributed by atoms with Crippen LogP contribution in [0.4, 0.5) is 13.2 Å². The zero-order chi connectivity index (χ0) is 15.1. The zero-order valence-corrected chi connectivity index (χ0v) is 10.1. The van der Waals surface area contributed by atoms with Crippen LogP contribution in [0.1, 0.15) is 11.1 Å². The second kappa shape index (κ2) is 4.71. The van der Waals surface area contributed by atoms with Crippen molar-refractivity contribution in [3.63, 3.8) is 0 Å². The van der Waals surface area contributed by atoms with Gasteiger partial charge < -0.3 is 16.0 Å². The number of rotatable bonds is 3. The highest BCUT2D eigenvalue weighted by atomic mass is 19.4. The van der Waals surface area contributed by atoms with E-state index < -0.39 is 29.3 Å². The number of carbonyl (C=O) groups is 1. The monoisotopic (exact) mass is 288 g/mol. The summed E-state index contributed by atoms with van der Waals surface area (Å²) in [5.41, 5.74) is 4.20. The SMILES string of the molecule is NC(Cc1cn(O)c2c(C(F)(F)F)cccc12)C(=O)O. The number of hydrogen-bond acceptors (Lipinski definition) is 3. The molecule has 0 aliphatic heterocycles. The third-order valence-electron chi connectivity index (χ3n) is 2.95. The minimum absolute atomic E-state index is 0.124. The topological polar surface area (TPSA) is 88.5 Å². The van der Waals surface area contributed by atoms with Gasteiger partial charge in [0.1, 0.15) is 6.04 Å². The number of nitrogens with two attached hydrogens (primary N) is 1. The number of aliphatic carboxylic acids is 1. The molecule has 4 N–H and O–H groups in total. The Balaban J connectivity index is 2.58. The smallest absolute Gasteiger partial charge is 0.418 e. The highest BCUT2D eigenvalue weighted by Gasteiger charge is 2.34. The first-order valence-electron chi connectivity index (χ1n) is 5.59. The molecule has 1 unspecified atom stereocenters. The molecule has 0 saturated heterocycles. The van der Waals surface area contributed by atoms with Crippen LogP contribution in [0.2, 0.25) is 0 Å². The molecule has 8 heteroatoms. The molecule has 108 valence electrons. The molecule has 5 nitrogen and oxygen atoms in total. The fourth-order valence-electron chi connectivity index (χ4n) is 2.05. The van der Waals surface area contributed by atoms with Crippen LogP contribution in [0.15, 0.2) is 24.4 Å². The van der Waals surface area contributed by atoms with E-state index in [2.05, 4.69) is 0 Å². The fourth-order valence-corrected chi connectivity index (χ4v) is 2.05. The van der Waals surface area contributed by atoms with E-state index in [-0.39, 0.29) is 17.4 Å². The standard InChI is InChI=1S/C12H11F3N2O3/c13-12(14,15)8-3-1-2-7-6(4-9(16)11(18)19)5-17(20)10(7)8/h1-3,5,9,20H,4,16H2,(H,18,19). The van der Waals surface area contributed by atoms with Crippen molar-refractivity contribution in [2.24, 2.45) is 5.73 Å². The minimum atomic E-state index is -4.62. The van der Waals surface area contributed by atoms with Crippen molar-refractivity contribution in [1.29, 1.82) is 0 Å². The van der Waals surface area contributed by atoms with Gasteiger partial charge in [0, 0.05) is 18.0 Å². The van der Waals surface area contributed by atoms with E-state index in [0.717, 1.165) is 12.3 Å². The molecule has 0 amide bonds. The van der Waals surface area contributed by atoms with E-state index in [1.807, 2.05) is 0 Å². The van der Waals surface area contributed by atoms with E-state index in [0.29, 0.717) is 4.73 Å². The number of carboxylic acid groups (broad SMARTS) is 1. The molecular formula is C12H11F3N2O3. The number of aromatic nitrogens is 1. The molecule has 0 saturated carbocycles. The van der Waals surface area contributed by atoms with Gasteiger partial charge in [-0.05, 0) is 11.6 Å². The summed E-state index contributed by atoms with van der Waals surface area (Å²) in [6.45, 7) is 0. The molecule has 0 spiro atoms. The van der Waals surface area contributed by atoms with Crippen LogP contribution in [-0.2, 0) is 17.4 Å². The van der Waals surface area contributed by atoms with Gasteiger partial charge in [0.2, 0.25) is 0 Å². The second-order valence-corrected chi connectivity index (χ2v) is 4.35. The predicted octanol–water partition coefficient (Wildman–Crippen LogP) is 1.85. The molecule has 0 bridgehead atoms. The van der Waals surface area contributed by atoms with Crippen molar-refractivity contribution in [3.8, 4) is 0 Å². The summed E-state index contributed by atoms with van der Waals surface area (Å²) < 4.78 is 38.9. The van der Waals surface area contributed by atoms with Gasteiger partial charge >= 0.3 is 12.1 Å². The minimum Gasteiger partial charge on any atom is -0.480 e. The molecule has 0 aliphatic carbocycles. The van der Waals surface area contributed by atoms with Crippen molar-refractivity contribution >= 4 is 16.9 Å². The molecular weight excluding hydrogens is 277 g/mol. The Morgan fingerprint density at radius 2 is 2.05 bits per heavy atom. The fraction of sp³-hybridized carbons (Fsp3) is 0.250. The highest BCUT2D eigenvalue weighted by molar-refractivity contribution is 5.87. The first kappa shape index (κ1) is 14.2. The van der Waals surface area contributed by atoms with Crippen molar-refractivity contribution < 1.29 is 28.3 Å². The van der Waals surface area contributed by atoms with E-state index in [4.69, 9.17) is 10.8 Å². The van der Waals surface area contributed by atoms with Gasteiger partial charge in [-0.1, -0.05) is 12.1 Å². The molecule has 0 aliphatic rings. The first-order chi connectivity index (χ1) is 9.21. The molecule has 20 heavy (non-hydrogen) atoms. The largest absolute Gasteiger partial charge is 0.480 e. The van der Waals surface area contributed by atoms with Gasteiger partial charge in [0.15, 0.2) is 0 Å². The van der Waals surface area contributed by atoms with Gasteiger partial charge in [-0.3, -0.25) is 4.79 Å². The Hall–Kier alpha value is -2.22. The van der Waals surface area contributed by atoms with Crippen LogP contribution < -0.4 is 5.73 Å². The Bertz CT molecular complexity index is 664. The van der Waals surface area contributed by atoms with Crippen LogP contribution in [0.3, 0.4) is 0 Å². The van der Waals surface area contributed by atoms with Gasteiger partial charge in [-0.15, -0.1) is 0 Å². The maximum Gasteiger partial charge on any atom is 0.418 e. The third kappa shape index (κ3) is 2.42. The number of hydrogen-bond donors (Lipinski definition) is 3. The van der Waals surface area contributed by atoms with Gasteiger partial charge in [0.25, 0.3) is 0 Å². The summed E-state index contributed by atoms with van der Waals surface area (Å²) in [4.78, 5) is 10.7. The second-order valence-electron chi connectivity index (χ2n) is 4.35. The molecule has 1 heterocycles. The molecule has 1 atom stereocenters. The Morgan fingerprint density at radius 1 is 1.40 bits per heavy atom. The molecule has 0 fully saturated rings. The molecule has 0 radical (unpaired) electrons. The van der Waals surface area contributed by atoms with Crippen LogP contribution in [0, 0.1) is 0 Å². The third-order valence-corrected chi connectivity index (χ3v) is 2.95. The number of halogens is 3. The highest BCUT2D eigenvalue weighted by Crippen LogP contribution is 2.36. The van der Waals surface area contributed by atoms with Crippen molar-refractivity contribution in [1.82, 2.24) is 4.73 Å². The van der Waals surface area contributed by atoms with E-state index in [1.165, 1.54) is 12.1 Å². The predicted molar refractivity (Wildman–Crippen MR) is 63.4 cm³/mol. The Morgan fingerprint density at radius 3 is 2.60 bits per heavy atom. The quantitative estimate of drug-likeness (QED) is 0.752. The van der Waals surface area contributed by atoms with Crippen molar-refractivity contribution in [3.05, 3.63) is 35.5 Å². The summed E-state index contributed by atoms with van der Waals surface area (Å²) in [7, 11) is 0. The van der Waals surface area contributed by atoms with Crippen LogP contribution in [0.5, 0.6) is 0 Å². The first-order valence-corrected chi connectivity index (χ1v) is 5.59. The summed E-state index contributed by atoms with van der Waals surface area (Å²) in [5.74, 6) is -1.27. The number of benzene rings is 1. The summed E-state index contributed by atoms with van der Waals surface area (Å²) >= 11 is 0. The number of carboxylic acids is 1. The van der Waals surface area contributed by atoms with Crippen LogP contribution in [-0.4, -0.2) is 27.1 Å². The van der Waals surface area contributed by atoms with Crippen molar-refractivity contribution in [2.75, 3.05) is 0 Å². The summed E-state index contributed by atoms with van der Waals surface area (Å²) in [6, 6.07) is 2.16. The molecule has 1 aromatic heterocycles. The lowest BCUT2D eigenvalue weighted by Gasteiger charge is -2.09. The van der Waals surface area contributed by atoms with Gasteiger partial charge in [0.05, 0.1) is 11.1 Å². The van der Waals surface area contributed by atoms with Crippen molar-refractivity contribution in [2.45, 2.75) is 18.6 Å². The number of fused-ring (bicyclic) bond motifs is 1. The lowest BCUT2D eigenvalue weighted by atomic mass is 10.0.